The molecule has 2 heteroatoms. The molecule has 1 aliphatic carbocycles. The van der Waals surface area contributed by atoms with Crippen LogP contribution in [0.15, 0.2) is 30.3 Å². The van der Waals surface area contributed by atoms with Crippen LogP contribution >= 0.6 is 0 Å². The number of rotatable bonds is 4. The zero-order valence-electron chi connectivity index (χ0n) is 7.70. The smallest absolute Gasteiger partial charge is 0.117 e. The molecule has 1 aliphatic rings. The van der Waals surface area contributed by atoms with E-state index in [1.165, 1.54) is 5.56 Å². The van der Waals surface area contributed by atoms with Gasteiger partial charge < -0.3 is 10.5 Å². The predicted molar refractivity (Wildman–Crippen MR) is 52.3 cm³/mol. The molecule has 0 spiro atoms. The van der Waals surface area contributed by atoms with E-state index >= 15 is 0 Å². The fourth-order valence-corrected chi connectivity index (χ4v) is 1.28. The van der Waals surface area contributed by atoms with Crippen LogP contribution in [0.4, 0.5) is 0 Å². The largest absolute Gasteiger partial charge is 0.361 e. The van der Waals surface area contributed by atoms with E-state index in [4.69, 9.17) is 10.5 Å². The summed E-state index contributed by atoms with van der Waals surface area (Å²) in [6.45, 7) is 0.737. The van der Waals surface area contributed by atoms with Gasteiger partial charge in [0.1, 0.15) is 5.72 Å². The molecule has 1 aromatic rings. The number of ether oxygens (including phenoxy) is 1. The van der Waals surface area contributed by atoms with E-state index in [0.29, 0.717) is 0 Å². The van der Waals surface area contributed by atoms with Crippen LogP contribution in [-0.4, -0.2) is 12.3 Å². The highest BCUT2D eigenvalue weighted by Gasteiger charge is 2.39. The molecule has 1 fully saturated rings. The maximum Gasteiger partial charge on any atom is 0.117 e. The third kappa shape index (κ3) is 2.54. The van der Waals surface area contributed by atoms with Crippen LogP contribution in [0.5, 0.6) is 0 Å². The first kappa shape index (κ1) is 8.73. The number of hydrogen-bond acceptors (Lipinski definition) is 2. The van der Waals surface area contributed by atoms with E-state index in [0.717, 1.165) is 25.9 Å². The lowest BCUT2D eigenvalue weighted by molar-refractivity contribution is 0.0397. The van der Waals surface area contributed by atoms with Gasteiger partial charge in [0, 0.05) is 0 Å². The summed E-state index contributed by atoms with van der Waals surface area (Å²) in [6, 6.07) is 10.3. The van der Waals surface area contributed by atoms with Crippen molar-refractivity contribution in [3.8, 4) is 0 Å². The summed E-state index contributed by atoms with van der Waals surface area (Å²) in [4.78, 5) is 0. The first-order valence-corrected chi connectivity index (χ1v) is 4.75. The van der Waals surface area contributed by atoms with E-state index in [1.54, 1.807) is 0 Å². The normalized spacial score (nSPS) is 18.5. The van der Waals surface area contributed by atoms with Crippen LogP contribution in [0.2, 0.25) is 0 Å². The van der Waals surface area contributed by atoms with Gasteiger partial charge in [-0.1, -0.05) is 30.3 Å². The third-order valence-corrected chi connectivity index (χ3v) is 2.37. The van der Waals surface area contributed by atoms with Crippen molar-refractivity contribution in [2.45, 2.75) is 25.0 Å². The maximum absolute atomic E-state index is 5.79. The van der Waals surface area contributed by atoms with E-state index in [-0.39, 0.29) is 5.72 Å². The minimum absolute atomic E-state index is 0.269. The average Bonchev–Trinajstić information content (AvgIpc) is 2.86. The van der Waals surface area contributed by atoms with E-state index in [9.17, 15) is 0 Å². The van der Waals surface area contributed by atoms with Crippen molar-refractivity contribution < 1.29 is 4.74 Å². The standard InChI is InChI=1S/C11H15NO/c12-11(7-8-11)13-9-6-10-4-2-1-3-5-10/h1-5H,6-9,12H2. The Morgan fingerprint density at radius 2 is 1.92 bits per heavy atom. The first-order valence-electron chi connectivity index (χ1n) is 4.75. The van der Waals surface area contributed by atoms with Gasteiger partial charge in [-0.2, -0.15) is 0 Å². The van der Waals surface area contributed by atoms with Crippen molar-refractivity contribution >= 4 is 0 Å². The Kier molecular flexibility index (Phi) is 2.34. The maximum atomic E-state index is 5.79. The van der Waals surface area contributed by atoms with Crippen molar-refractivity contribution in [1.82, 2.24) is 0 Å². The Labute approximate surface area is 78.7 Å². The fourth-order valence-electron chi connectivity index (χ4n) is 1.28. The molecule has 0 bridgehead atoms. The van der Waals surface area contributed by atoms with Crippen molar-refractivity contribution in [1.29, 1.82) is 0 Å². The van der Waals surface area contributed by atoms with Crippen LogP contribution in [0.25, 0.3) is 0 Å². The van der Waals surface area contributed by atoms with Crippen molar-refractivity contribution in [3.63, 3.8) is 0 Å². The van der Waals surface area contributed by atoms with E-state index < -0.39 is 0 Å². The highest BCUT2D eigenvalue weighted by molar-refractivity contribution is 5.14. The molecule has 13 heavy (non-hydrogen) atoms. The van der Waals surface area contributed by atoms with Gasteiger partial charge in [-0.05, 0) is 24.8 Å². The zero-order valence-corrected chi connectivity index (χ0v) is 7.70. The molecule has 0 unspecified atom stereocenters. The summed E-state index contributed by atoms with van der Waals surface area (Å²) >= 11 is 0. The highest BCUT2D eigenvalue weighted by Crippen LogP contribution is 2.33. The van der Waals surface area contributed by atoms with Crippen LogP contribution in [0, 0.1) is 0 Å². The summed E-state index contributed by atoms with van der Waals surface area (Å²) in [6.07, 6.45) is 2.99. The van der Waals surface area contributed by atoms with Crippen LogP contribution in [0.1, 0.15) is 18.4 Å². The van der Waals surface area contributed by atoms with Gasteiger partial charge in [-0.15, -0.1) is 0 Å². The molecule has 70 valence electrons. The second kappa shape index (κ2) is 3.48. The SMILES string of the molecule is NC1(OCCc2ccccc2)CC1. The van der Waals surface area contributed by atoms with Gasteiger partial charge in [0.25, 0.3) is 0 Å². The summed E-state index contributed by atoms with van der Waals surface area (Å²) in [5, 5.41) is 0. The molecular weight excluding hydrogens is 162 g/mol. The number of nitrogens with two attached hydrogens (primary N) is 1. The molecule has 0 heterocycles. The first-order chi connectivity index (χ1) is 6.29. The predicted octanol–water partition coefficient (Wildman–Crippen LogP) is 1.69. The molecule has 0 saturated heterocycles. The second-order valence-corrected chi connectivity index (χ2v) is 3.65. The minimum atomic E-state index is -0.269. The summed E-state index contributed by atoms with van der Waals surface area (Å²) in [5.41, 5.74) is 6.83. The molecule has 2 N–H and O–H groups in total. The van der Waals surface area contributed by atoms with Gasteiger partial charge in [0.2, 0.25) is 0 Å². The van der Waals surface area contributed by atoms with Gasteiger partial charge in [-0.3, -0.25) is 0 Å². The van der Waals surface area contributed by atoms with Crippen molar-refractivity contribution in [2.75, 3.05) is 6.61 Å². The summed E-state index contributed by atoms with van der Waals surface area (Å²) in [7, 11) is 0. The lowest BCUT2D eigenvalue weighted by Gasteiger charge is -2.09. The Hall–Kier alpha value is -0.860. The van der Waals surface area contributed by atoms with Gasteiger partial charge in [-0.25, -0.2) is 0 Å². The Morgan fingerprint density at radius 1 is 1.23 bits per heavy atom. The fraction of sp³-hybridized carbons (Fsp3) is 0.455. The average molecular weight is 177 g/mol. The summed E-state index contributed by atoms with van der Waals surface area (Å²) < 4.78 is 5.52. The van der Waals surface area contributed by atoms with Gasteiger partial charge >= 0.3 is 0 Å². The van der Waals surface area contributed by atoms with Crippen LogP contribution in [0.3, 0.4) is 0 Å². The Bertz CT molecular complexity index is 267. The number of hydrogen-bond donors (Lipinski definition) is 1. The molecular formula is C11H15NO. The monoisotopic (exact) mass is 177 g/mol. The minimum Gasteiger partial charge on any atom is -0.361 e. The molecule has 0 aromatic heterocycles. The number of benzene rings is 1. The van der Waals surface area contributed by atoms with Crippen molar-refractivity contribution in [3.05, 3.63) is 35.9 Å². The summed E-state index contributed by atoms with van der Waals surface area (Å²) in [5.74, 6) is 0. The molecule has 2 nitrogen and oxygen atoms in total. The zero-order chi connectivity index (χ0) is 9.15. The molecule has 1 aromatic carbocycles. The molecule has 0 radical (unpaired) electrons. The molecule has 0 atom stereocenters. The molecule has 0 aliphatic heterocycles. The third-order valence-electron chi connectivity index (χ3n) is 2.37. The van der Waals surface area contributed by atoms with Crippen molar-refractivity contribution in [2.24, 2.45) is 5.73 Å². The highest BCUT2D eigenvalue weighted by atomic mass is 16.5. The van der Waals surface area contributed by atoms with Crippen LogP contribution in [-0.2, 0) is 11.2 Å². The van der Waals surface area contributed by atoms with Gasteiger partial charge in [0.15, 0.2) is 0 Å². The van der Waals surface area contributed by atoms with Gasteiger partial charge in [0.05, 0.1) is 6.61 Å². The molecule has 1 saturated carbocycles. The Morgan fingerprint density at radius 3 is 2.54 bits per heavy atom. The van der Waals surface area contributed by atoms with E-state index in [2.05, 4.69) is 12.1 Å². The Balaban J connectivity index is 1.74. The quantitative estimate of drug-likeness (QED) is 0.710. The topological polar surface area (TPSA) is 35.2 Å². The molecule has 0 amide bonds. The molecule has 2 rings (SSSR count). The van der Waals surface area contributed by atoms with Crippen LogP contribution < -0.4 is 5.73 Å². The lowest BCUT2D eigenvalue weighted by atomic mass is 10.2. The second-order valence-electron chi connectivity index (χ2n) is 3.65. The van der Waals surface area contributed by atoms with E-state index in [1.807, 2.05) is 18.2 Å². The lowest BCUT2D eigenvalue weighted by Crippen LogP contribution is -2.26.